The lowest BCUT2D eigenvalue weighted by molar-refractivity contribution is -0.139. The largest absolute Gasteiger partial charge is 0.426 e. The molecule has 7 heteroatoms. The first kappa shape index (κ1) is 23.0. The summed E-state index contributed by atoms with van der Waals surface area (Å²) in [5.74, 6) is -1.78. The van der Waals surface area contributed by atoms with Crippen molar-refractivity contribution in [2.24, 2.45) is 17.8 Å². The molecule has 0 bridgehead atoms. The van der Waals surface area contributed by atoms with Crippen molar-refractivity contribution in [1.82, 2.24) is 0 Å². The predicted molar refractivity (Wildman–Crippen MR) is 131 cm³/mol. The van der Waals surface area contributed by atoms with Crippen LogP contribution >= 0.6 is 0 Å². The Balaban J connectivity index is 1.25. The molecule has 5 rings (SSSR count). The van der Waals surface area contributed by atoms with Crippen LogP contribution < -0.4 is 14.5 Å². The molecule has 2 aliphatic heterocycles. The first-order chi connectivity index (χ1) is 16.7. The number of benzene rings is 2. The maximum absolute atomic E-state index is 12.9. The number of hydrogen-bond acceptors (Lipinski definition) is 5. The van der Waals surface area contributed by atoms with E-state index in [9.17, 15) is 19.2 Å². The number of nitrogens with zero attached hydrogens (tertiary/aromatic N) is 2. The highest BCUT2D eigenvalue weighted by atomic mass is 16.5. The van der Waals surface area contributed by atoms with Crippen molar-refractivity contribution in [3.8, 4) is 5.75 Å². The van der Waals surface area contributed by atoms with Crippen molar-refractivity contribution in [3.63, 3.8) is 0 Å². The highest BCUT2D eigenvalue weighted by Gasteiger charge is 2.48. The number of hydrogen-bond donors (Lipinski definition) is 0. The second-order valence-electron chi connectivity index (χ2n) is 9.75. The zero-order chi connectivity index (χ0) is 24.9. The molecule has 0 aromatic heterocycles. The molecule has 0 N–H and O–H groups in total. The van der Waals surface area contributed by atoms with Crippen LogP contribution in [0.15, 0.2) is 54.1 Å². The average Bonchev–Trinajstić information content (AvgIpc) is 3.33. The molecule has 0 spiro atoms. The van der Waals surface area contributed by atoms with E-state index in [2.05, 4.69) is 0 Å². The molecule has 0 radical (unpaired) electrons. The van der Waals surface area contributed by atoms with Gasteiger partial charge in [0.2, 0.25) is 17.7 Å². The summed E-state index contributed by atoms with van der Waals surface area (Å²) in [6.45, 7) is 6.21. The van der Waals surface area contributed by atoms with Gasteiger partial charge >= 0.3 is 5.97 Å². The van der Waals surface area contributed by atoms with Crippen molar-refractivity contribution in [3.05, 3.63) is 65.2 Å². The van der Waals surface area contributed by atoms with E-state index in [0.717, 1.165) is 22.4 Å². The molecule has 3 aliphatic rings. The van der Waals surface area contributed by atoms with Crippen LogP contribution in [0.4, 0.5) is 11.4 Å². The quantitative estimate of drug-likeness (QED) is 0.289. The molecular formula is C28H28N2O5. The van der Waals surface area contributed by atoms with Gasteiger partial charge in [-0.15, -0.1) is 0 Å². The molecular weight excluding hydrogens is 444 g/mol. The van der Waals surface area contributed by atoms with E-state index in [1.54, 1.807) is 29.2 Å². The van der Waals surface area contributed by atoms with Gasteiger partial charge in [-0.2, -0.15) is 0 Å². The molecule has 2 saturated heterocycles. The lowest BCUT2D eigenvalue weighted by Crippen LogP contribution is -2.30. The van der Waals surface area contributed by atoms with Crippen molar-refractivity contribution in [1.29, 1.82) is 0 Å². The number of esters is 1. The molecule has 2 heterocycles. The van der Waals surface area contributed by atoms with Crippen LogP contribution in [0, 0.1) is 31.6 Å². The van der Waals surface area contributed by atoms with E-state index in [0.29, 0.717) is 24.3 Å². The number of fused-ring (bicyclic) bond motifs is 1. The fraction of sp³-hybridized carbons (Fsp3) is 0.357. The lowest BCUT2D eigenvalue weighted by atomic mass is 9.82. The summed E-state index contributed by atoms with van der Waals surface area (Å²) >= 11 is 0. The van der Waals surface area contributed by atoms with Crippen molar-refractivity contribution >= 4 is 35.1 Å². The van der Waals surface area contributed by atoms with Crippen LogP contribution in [0.3, 0.4) is 0 Å². The molecule has 0 saturated carbocycles. The normalized spacial score (nSPS) is 24.0. The van der Waals surface area contributed by atoms with E-state index >= 15 is 0 Å². The Bertz CT molecular complexity index is 1260. The van der Waals surface area contributed by atoms with Gasteiger partial charge in [-0.05, 0) is 75.1 Å². The van der Waals surface area contributed by atoms with Crippen molar-refractivity contribution in [2.75, 3.05) is 16.3 Å². The molecule has 3 atom stereocenters. The zero-order valence-electron chi connectivity index (χ0n) is 20.1. The topological polar surface area (TPSA) is 84.0 Å². The monoisotopic (exact) mass is 472 g/mol. The second kappa shape index (κ2) is 8.80. The summed E-state index contributed by atoms with van der Waals surface area (Å²) in [6, 6.07) is 12.2. The Hall–Kier alpha value is -3.74. The van der Waals surface area contributed by atoms with Gasteiger partial charge in [0.25, 0.3) is 0 Å². The molecule has 3 amide bonds. The number of anilines is 2. The van der Waals surface area contributed by atoms with E-state index in [1.165, 1.54) is 4.90 Å². The Morgan fingerprint density at radius 2 is 1.63 bits per heavy atom. The van der Waals surface area contributed by atoms with E-state index < -0.39 is 11.9 Å². The number of imide groups is 1. The van der Waals surface area contributed by atoms with Crippen LogP contribution in [-0.2, 0) is 19.2 Å². The van der Waals surface area contributed by atoms with Crippen LogP contribution in [-0.4, -0.2) is 30.2 Å². The van der Waals surface area contributed by atoms with E-state index in [-0.39, 0.29) is 42.5 Å². The Labute approximate surface area is 204 Å². The van der Waals surface area contributed by atoms with Gasteiger partial charge in [0, 0.05) is 18.7 Å². The van der Waals surface area contributed by atoms with E-state index in [1.807, 2.05) is 45.0 Å². The molecule has 2 fully saturated rings. The minimum atomic E-state index is -0.567. The summed E-state index contributed by atoms with van der Waals surface area (Å²) in [5, 5.41) is 0. The first-order valence-corrected chi connectivity index (χ1v) is 12.0. The van der Waals surface area contributed by atoms with Crippen LogP contribution in [0.5, 0.6) is 5.75 Å². The van der Waals surface area contributed by atoms with Gasteiger partial charge in [0.15, 0.2) is 0 Å². The number of aryl methyl sites for hydroxylation is 1. The minimum absolute atomic E-state index is 0.0946. The third-order valence-corrected chi connectivity index (χ3v) is 7.46. The van der Waals surface area contributed by atoms with E-state index in [4.69, 9.17) is 4.74 Å². The maximum Gasteiger partial charge on any atom is 0.316 e. The number of carbonyl (C=O) groups excluding carboxylic acids is 4. The molecule has 2 aromatic carbocycles. The summed E-state index contributed by atoms with van der Waals surface area (Å²) in [4.78, 5) is 54.1. The average molecular weight is 473 g/mol. The summed E-state index contributed by atoms with van der Waals surface area (Å²) < 4.78 is 5.55. The van der Waals surface area contributed by atoms with Crippen LogP contribution in [0.25, 0.3) is 0 Å². The second-order valence-corrected chi connectivity index (χ2v) is 9.75. The van der Waals surface area contributed by atoms with Crippen molar-refractivity contribution in [2.45, 2.75) is 40.0 Å². The Kier molecular flexibility index (Phi) is 5.79. The molecule has 2 aromatic rings. The third kappa shape index (κ3) is 4.05. The summed E-state index contributed by atoms with van der Waals surface area (Å²) in [5.41, 5.74) is 4.53. The smallest absolute Gasteiger partial charge is 0.316 e. The Morgan fingerprint density at radius 1 is 0.914 bits per heavy atom. The van der Waals surface area contributed by atoms with Gasteiger partial charge in [-0.1, -0.05) is 23.8 Å². The van der Waals surface area contributed by atoms with Gasteiger partial charge in [0.05, 0.1) is 23.4 Å². The molecule has 7 nitrogen and oxygen atoms in total. The SMILES string of the molecule is CC1=CC[C@@H]2C(=O)N(c3ccc(OC(=O)[C@@H]4CC(=O)N(c5cccc(C)c5C)C4)cc3)C(=O)[C@H]2C1. The molecule has 180 valence electrons. The standard InChI is InChI=1S/C28H28N2O5/c1-16-7-12-22-23(13-16)27(33)30(26(22)32)20-8-10-21(11-9-20)35-28(34)19-14-25(31)29(15-19)24-6-4-5-17(2)18(24)3/h4-11,19,22-23H,12-15H2,1-3H3/t19-,22+,23+/m1/s1. The van der Waals surface area contributed by atoms with Crippen LogP contribution in [0.2, 0.25) is 0 Å². The maximum atomic E-state index is 12.9. The first-order valence-electron chi connectivity index (χ1n) is 12.0. The fourth-order valence-corrected chi connectivity index (χ4v) is 5.28. The molecule has 1 aliphatic carbocycles. The highest BCUT2D eigenvalue weighted by Crippen LogP contribution is 2.40. The summed E-state index contributed by atoms with van der Waals surface area (Å²) in [6.07, 6.45) is 3.33. The number of ether oxygens (including phenoxy) is 1. The number of allylic oxidation sites excluding steroid dienone is 2. The predicted octanol–water partition coefficient (Wildman–Crippen LogP) is 4.11. The fourth-order valence-electron chi connectivity index (χ4n) is 5.28. The van der Waals surface area contributed by atoms with Gasteiger partial charge in [0.1, 0.15) is 5.75 Å². The number of rotatable bonds is 4. The van der Waals surface area contributed by atoms with Crippen molar-refractivity contribution < 1.29 is 23.9 Å². The summed E-state index contributed by atoms with van der Waals surface area (Å²) in [7, 11) is 0. The molecule has 35 heavy (non-hydrogen) atoms. The van der Waals surface area contributed by atoms with Gasteiger partial charge < -0.3 is 9.64 Å². The Morgan fingerprint density at radius 3 is 2.37 bits per heavy atom. The number of amides is 3. The highest BCUT2D eigenvalue weighted by molar-refractivity contribution is 6.22. The lowest BCUT2D eigenvalue weighted by Gasteiger charge is -2.20. The third-order valence-electron chi connectivity index (χ3n) is 7.46. The van der Waals surface area contributed by atoms with Gasteiger partial charge in [-0.3, -0.25) is 24.1 Å². The zero-order valence-corrected chi connectivity index (χ0v) is 20.1. The van der Waals surface area contributed by atoms with Crippen LogP contribution in [0.1, 0.15) is 37.3 Å². The number of carbonyl (C=O) groups is 4. The molecule has 0 unspecified atom stereocenters. The van der Waals surface area contributed by atoms with Gasteiger partial charge in [-0.25, -0.2) is 0 Å². The minimum Gasteiger partial charge on any atom is -0.426 e.